The molecule has 0 aromatic heterocycles. The number of aryl methyl sites for hydroxylation is 2. The number of carboxylic acids is 1. The third-order valence-electron chi connectivity index (χ3n) is 4.26. The van der Waals surface area contributed by atoms with E-state index in [1.165, 1.54) is 0 Å². The molecule has 0 aliphatic carbocycles. The Morgan fingerprint density at radius 2 is 1.91 bits per heavy atom. The van der Waals surface area contributed by atoms with Gasteiger partial charge in [-0.15, -0.1) is 0 Å². The second kappa shape index (κ2) is 7.40. The number of likely N-dealkylation sites (tertiary alicyclic amines) is 1. The lowest BCUT2D eigenvalue weighted by Gasteiger charge is -2.21. The van der Waals surface area contributed by atoms with Gasteiger partial charge in [0, 0.05) is 5.69 Å². The second-order valence-electron chi connectivity index (χ2n) is 5.67. The van der Waals surface area contributed by atoms with Crippen LogP contribution in [0, 0.1) is 0 Å². The van der Waals surface area contributed by atoms with Crippen molar-refractivity contribution in [2.75, 3.05) is 18.4 Å². The van der Waals surface area contributed by atoms with Gasteiger partial charge < -0.3 is 10.4 Å². The smallest absolute Gasteiger partial charge is 0.320 e. The van der Waals surface area contributed by atoms with Gasteiger partial charge in [0.1, 0.15) is 6.04 Å². The Balaban J connectivity index is 2.08. The monoisotopic (exact) mass is 304 g/mol. The summed E-state index contributed by atoms with van der Waals surface area (Å²) in [5.74, 6) is -0.975. The number of amides is 1. The minimum Gasteiger partial charge on any atom is -0.480 e. The van der Waals surface area contributed by atoms with Gasteiger partial charge in [-0.1, -0.05) is 32.0 Å². The number of carbonyl (C=O) groups is 2. The van der Waals surface area contributed by atoms with E-state index in [1.807, 2.05) is 18.2 Å². The molecule has 0 bridgehead atoms. The predicted molar refractivity (Wildman–Crippen MR) is 86.1 cm³/mol. The molecular weight excluding hydrogens is 280 g/mol. The summed E-state index contributed by atoms with van der Waals surface area (Å²) in [4.78, 5) is 25.3. The predicted octanol–water partition coefficient (Wildman–Crippen LogP) is 2.30. The van der Waals surface area contributed by atoms with Gasteiger partial charge in [-0.2, -0.15) is 0 Å². The van der Waals surface area contributed by atoms with E-state index in [4.69, 9.17) is 0 Å². The number of rotatable bonds is 6. The molecule has 1 heterocycles. The summed E-state index contributed by atoms with van der Waals surface area (Å²) in [5.41, 5.74) is 3.12. The lowest BCUT2D eigenvalue weighted by atomic mass is 10.0. The average molecular weight is 304 g/mol. The standard InChI is InChI=1S/C17H24N2O3/c1-3-12-7-5-8-13(4-2)16(12)18-15(20)11-19-10-6-9-14(19)17(21)22/h5,7-8,14H,3-4,6,9-11H2,1-2H3,(H,18,20)(H,21,22)/t14-/m0/s1. The lowest BCUT2D eigenvalue weighted by molar-refractivity contribution is -0.142. The molecule has 5 heteroatoms. The molecule has 2 rings (SSSR count). The van der Waals surface area contributed by atoms with Crippen LogP contribution in [0.1, 0.15) is 37.8 Å². The minimum atomic E-state index is -0.839. The molecule has 5 nitrogen and oxygen atoms in total. The third-order valence-corrected chi connectivity index (χ3v) is 4.26. The Labute approximate surface area is 131 Å². The lowest BCUT2D eigenvalue weighted by Crippen LogP contribution is -2.41. The SMILES string of the molecule is CCc1cccc(CC)c1NC(=O)CN1CCC[C@H]1C(=O)O. The summed E-state index contributed by atoms with van der Waals surface area (Å²) in [6.07, 6.45) is 3.15. The van der Waals surface area contributed by atoms with E-state index < -0.39 is 12.0 Å². The van der Waals surface area contributed by atoms with Crippen molar-refractivity contribution in [1.29, 1.82) is 0 Å². The van der Waals surface area contributed by atoms with Crippen molar-refractivity contribution in [2.45, 2.75) is 45.6 Å². The maximum absolute atomic E-state index is 12.3. The summed E-state index contributed by atoms with van der Waals surface area (Å²) < 4.78 is 0. The maximum Gasteiger partial charge on any atom is 0.320 e. The second-order valence-corrected chi connectivity index (χ2v) is 5.67. The van der Waals surface area contributed by atoms with E-state index in [-0.39, 0.29) is 12.5 Å². The zero-order chi connectivity index (χ0) is 16.1. The van der Waals surface area contributed by atoms with Crippen LogP contribution >= 0.6 is 0 Å². The number of nitrogens with zero attached hydrogens (tertiary/aromatic N) is 1. The van der Waals surface area contributed by atoms with Gasteiger partial charge in [-0.05, 0) is 43.4 Å². The number of para-hydroxylation sites is 1. The van der Waals surface area contributed by atoms with Gasteiger partial charge >= 0.3 is 5.97 Å². The van der Waals surface area contributed by atoms with Crippen molar-refractivity contribution >= 4 is 17.6 Å². The van der Waals surface area contributed by atoms with Crippen LogP contribution in [0.15, 0.2) is 18.2 Å². The summed E-state index contributed by atoms with van der Waals surface area (Å²) in [7, 11) is 0. The van der Waals surface area contributed by atoms with Crippen molar-refractivity contribution in [3.63, 3.8) is 0 Å². The molecule has 22 heavy (non-hydrogen) atoms. The van der Waals surface area contributed by atoms with Gasteiger partial charge in [0.15, 0.2) is 0 Å². The molecule has 2 N–H and O–H groups in total. The third kappa shape index (κ3) is 3.65. The van der Waals surface area contributed by atoms with Crippen LogP contribution in [0.5, 0.6) is 0 Å². The highest BCUT2D eigenvalue weighted by Crippen LogP contribution is 2.23. The molecule has 0 saturated carbocycles. The first-order valence-corrected chi connectivity index (χ1v) is 7.94. The van der Waals surface area contributed by atoms with E-state index in [9.17, 15) is 14.7 Å². The molecule has 1 saturated heterocycles. The Bertz CT molecular complexity index is 535. The molecule has 1 atom stereocenters. The maximum atomic E-state index is 12.3. The first kappa shape index (κ1) is 16.5. The molecule has 1 amide bonds. The van der Waals surface area contributed by atoms with Crippen LogP contribution in [-0.4, -0.2) is 41.0 Å². The van der Waals surface area contributed by atoms with Crippen molar-refractivity contribution in [1.82, 2.24) is 4.90 Å². The van der Waals surface area contributed by atoms with Crippen LogP contribution in [0.3, 0.4) is 0 Å². The van der Waals surface area contributed by atoms with Crippen LogP contribution in [0.25, 0.3) is 0 Å². The molecule has 0 spiro atoms. The van der Waals surface area contributed by atoms with Crippen LogP contribution in [0.4, 0.5) is 5.69 Å². The number of nitrogens with one attached hydrogen (secondary N) is 1. The zero-order valence-electron chi connectivity index (χ0n) is 13.3. The molecule has 0 unspecified atom stereocenters. The van der Waals surface area contributed by atoms with Crippen LogP contribution in [-0.2, 0) is 22.4 Å². The van der Waals surface area contributed by atoms with Crippen molar-refractivity contribution in [3.8, 4) is 0 Å². The Morgan fingerprint density at radius 1 is 1.27 bits per heavy atom. The molecule has 1 aromatic rings. The van der Waals surface area contributed by atoms with Gasteiger partial charge in [0.05, 0.1) is 6.54 Å². The van der Waals surface area contributed by atoms with E-state index in [0.717, 1.165) is 36.1 Å². The van der Waals surface area contributed by atoms with E-state index in [1.54, 1.807) is 4.90 Å². The summed E-state index contributed by atoms with van der Waals surface area (Å²) in [5, 5.41) is 12.2. The zero-order valence-corrected chi connectivity index (χ0v) is 13.3. The summed E-state index contributed by atoms with van der Waals surface area (Å²) in [6, 6.07) is 5.52. The number of carbonyl (C=O) groups excluding carboxylic acids is 1. The van der Waals surface area contributed by atoms with Crippen molar-refractivity contribution < 1.29 is 14.7 Å². The molecular formula is C17H24N2O3. The largest absolute Gasteiger partial charge is 0.480 e. The first-order valence-electron chi connectivity index (χ1n) is 7.94. The number of hydrogen-bond acceptors (Lipinski definition) is 3. The van der Waals surface area contributed by atoms with E-state index in [2.05, 4.69) is 19.2 Å². The fourth-order valence-electron chi connectivity index (χ4n) is 3.06. The molecule has 0 radical (unpaired) electrons. The molecule has 1 aliphatic rings. The fraction of sp³-hybridized carbons (Fsp3) is 0.529. The number of carboxylic acid groups (broad SMARTS) is 1. The quantitative estimate of drug-likeness (QED) is 0.846. The van der Waals surface area contributed by atoms with Gasteiger partial charge in [0.2, 0.25) is 5.91 Å². The molecule has 1 aromatic carbocycles. The Kier molecular flexibility index (Phi) is 5.55. The highest BCUT2D eigenvalue weighted by atomic mass is 16.4. The highest BCUT2D eigenvalue weighted by Gasteiger charge is 2.31. The average Bonchev–Trinajstić information content (AvgIpc) is 2.95. The number of hydrogen-bond donors (Lipinski definition) is 2. The Hall–Kier alpha value is -1.88. The fourth-order valence-corrected chi connectivity index (χ4v) is 3.06. The van der Waals surface area contributed by atoms with Crippen LogP contribution in [0.2, 0.25) is 0 Å². The Morgan fingerprint density at radius 3 is 2.45 bits per heavy atom. The minimum absolute atomic E-state index is 0.135. The summed E-state index contributed by atoms with van der Waals surface area (Å²) >= 11 is 0. The normalized spacial score (nSPS) is 18.4. The number of anilines is 1. The first-order chi connectivity index (χ1) is 10.6. The number of benzene rings is 1. The van der Waals surface area contributed by atoms with Gasteiger partial charge in [-0.25, -0.2) is 0 Å². The van der Waals surface area contributed by atoms with Gasteiger partial charge in [0.25, 0.3) is 0 Å². The van der Waals surface area contributed by atoms with E-state index in [0.29, 0.717) is 13.0 Å². The topological polar surface area (TPSA) is 69.6 Å². The molecule has 1 aliphatic heterocycles. The van der Waals surface area contributed by atoms with Crippen LogP contribution < -0.4 is 5.32 Å². The molecule has 120 valence electrons. The van der Waals surface area contributed by atoms with E-state index >= 15 is 0 Å². The summed E-state index contributed by atoms with van der Waals surface area (Å²) in [6.45, 7) is 4.93. The van der Waals surface area contributed by atoms with Crippen molar-refractivity contribution in [2.24, 2.45) is 0 Å². The highest BCUT2D eigenvalue weighted by molar-refractivity contribution is 5.94. The van der Waals surface area contributed by atoms with Gasteiger partial charge in [-0.3, -0.25) is 14.5 Å². The molecule has 1 fully saturated rings. The number of aliphatic carboxylic acids is 1. The van der Waals surface area contributed by atoms with Crippen molar-refractivity contribution in [3.05, 3.63) is 29.3 Å².